The predicted molar refractivity (Wildman–Crippen MR) is 108 cm³/mol. The molecule has 1 heterocycles. The van der Waals surface area contributed by atoms with Gasteiger partial charge in [-0.3, -0.25) is 4.79 Å². The van der Waals surface area contributed by atoms with Crippen LogP contribution in [0.5, 0.6) is 0 Å². The average molecular weight is 334 g/mol. The quantitative estimate of drug-likeness (QED) is 0.693. The molecule has 0 saturated carbocycles. The predicted octanol–water partition coefficient (Wildman–Crippen LogP) is 4.67. The van der Waals surface area contributed by atoms with Gasteiger partial charge in [-0.25, -0.2) is 0 Å². The van der Waals surface area contributed by atoms with Crippen LogP contribution in [0.1, 0.15) is 25.0 Å². The lowest BCUT2D eigenvalue weighted by atomic mass is 10.0. The molecule has 0 saturated heterocycles. The second-order valence-electron chi connectivity index (χ2n) is 6.70. The second-order valence-corrected chi connectivity index (χ2v) is 6.70. The van der Waals surface area contributed by atoms with E-state index < -0.39 is 0 Å². The Hall–Kier alpha value is -2.55. The Kier molecular flexibility index (Phi) is 4.67. The molecule has 0 N–H and O–H groups in total. The van der Waals surface area contributed by atoms with Crippen LogP contribution in [0.15, 0.2) is 47.4 Å². The molecule has 0 atom stereocenters. The van der Waals surface area contributed by atoms with Gasteiger partial charge in [0.25, 0.3) is 0 Å². The van der Waals surface area contributed by atoms with Gasteiger partial charge in [0.2, 0.25) is 0 Å². The first-order valence-corrected chi connectivity index (χ1v) is 8.92. The highest BCUT2D eigenvalue weighted by Crippen LogP contribution is 2.28. The van der Waals surface area contributed by atoms with Crippen LogP contribution in [0.2, 0.25) is 0 Å². The van der Waals surface area contributed by atoms with E-state index in [0.29, 0.717) is 0 Å². The van der Waals surface area contributed by atoms with Gasteiger partial charge in [0.1, 0.15) is 0 Å². The van der Waals surface area contributed by atoms with Crippen molar-refractivity contribution in [3.05, 3.63) is 63.9 Å². The number of nitrogens with zero attached hydrogens (tertiary/aromatic N) is 2. The lowest BCUT2D eigenvalue weighted by Crippen LogP contribution is -2.24. The zero-order valence-electron chi connectivity index (χ0n) is 15.8. The third kappa shape index (κ3) is 3.07. The fourth-order valence-corrected chi connectivity index (χ4v) is 3.47. The van der Waals surface area contributed by atoms with Crippen molar-refractivity contribution in [3.8, 4) is 11.1 Å². The summed E-state index contributed by atoms with van der Waals surface area (Å²) in [7, 11) is 2.02. The Morgan fingerprint density at radius 2 is 1.60 bits per heavy atom. The van der Waals surface area contributed by atoms with Crippen molar-refractivity contribution < 1.29 is 0 Å². The molecule has 0 unspecified atom stereocenters. The van der Waals surface area contributed by atoms with Crippen LogP contribution in [-0.2, 0) is 7.05 Å². The van der Waals surface area contributed by atoms with Gasteiger partial charge in [0.15, 0.2) is 5.43 Å². The van der Waals surface area contributed by atoms with E-state index in [1.807, 2.05) is 25.4 Å². The fourth-order valence-electron chi connectivity index (χ4n) is 3.47. The highest BCUT2D eigenvalue weighted by Gasteiger charge is 2.16. The lowest BCUT2D eigenvalue weighted by Gasteiger charge is -2.24. The molecule has 0 radical (unpaired) electrons. The van der Waals surface area contributed by atoms with E-state index in [9.17, 15) is 4.79 Å². The Bertz CT molecular complexity index is 964. The SMILES string of the molecule is CCN(CC)c1cc(C)cc2c1c(=O)c(-c1ccc(C)cc1)cn2C. The van der Waals surface area contributed by atoms with Crippen LogP contribution in [-0.4, -0.2) is 17.7 Å². The molecule has 0 fully saturated rings. The Morgan fingerprint density at radius 1 is 0.960 bits per heavy atom. The Balaban J connectivity index is 2.38. The van der Waals surface area contributed by atoms with Gasteiger partial charge in [-0.15, -0.1) is 0 Å². The summed E-state index contributed by atoms with van der Waals surface area (Å²) in [5.41, 5.74) is 6.23. The summed E-state index contributed by atoms with van der Waals surface area (Å²) in [5.74, 6) is 0. The van der Waals surface area contributed by atoms with Crippen LogP contribution < -0.4 is 10.3 Å². The van der Waals surface area contributed by atoms with E-state index in [0.717, 1.165) is 40.8 Å². The van der Waals surface area contributed by atoms with E-state index in [1.54, 1.807) is 0 Å². The Morgan fingerprint density at radius 3 is 2.20 bits per heavy atom. The van der Waals surface area contributed by atoms with Gasteiger partial charge in [-0.1, -0.05) is 29.8 Å². The smallest absolute Gasteiger partial charge is 0.199 e. The van der Waals surface area contributed by atoms with Crippen LogP contribution in [0, 0.1) is 13.8 Å². The van der Waals surface area contributed by atoms with E-state index in [-0.39, 0.29) is 5.43 Å². The molecular weight excluding hydrogens is 308 g/mol. The molecule has 0 amide bonds. The lowest BCUT2D eigenvalue weighted by molar-refractivity contribution is 0.867. The number of hydrogen-bond acceptors (Lipinski definition) is 2. The normalized spacial score (nSPS) is 11.1. The van der Waals surface area contributed by atoms with Crippen LogP contribution in [0.25, 0.3) is 22.0 Å². The summed E-state index contributed by atoms with van der Waals surface area (Å²) < 4.78 is 2.08. The van der Waals surface area contributed by atoms with Gasteiger partial charge >= 0.3 is 0 Å². The number of fused-ring (bicyclic) bond motifs is 1. The van der Waals surface area contributed by atoms with Gasteiger partial charge in [0, 0.05) is 31.9 Å². The first-order chi connectivity index (χ1) is 12.0. The van der Waals surface area contributed by atoms with E-state index in [4.69, 9.17) is 0 Å². The molecule has 25 heavy (non-hydrogen) atoms. The minimum absolute atomic E-state index is 0.110. The number of aromatic nitrogens is 1. The molecule has 0 spiro atoms. The number of anilines is 1. The van der Waals surface area contributed by atoms with Gasteiger partial charge in [0.05, 0.1) is 16.6 Å². The van der Waals surface area contributed by atoms with Crippen molar-refractivity contribution in [2.75, 3.05) is 18.0 Å². The van der Waals surface area contributed by atoms with Gasteiger partial charge in [-0.05, 0) is 51.0 Å². The van der Waals surface area contributed by atoms with Crippen molar-refractivity contribution >= 4 is 16.6 Å². The molecule has 0 bridgehead atoms. The maximum absolute atomic E-state index is 13.4. The molecular formula is C22H26N2O. The molecule has 1 aromatic heterocycles. The van der Waals surface area contributed by atoms with E-state index in [1.165, 1.54) is 11.1 Å². The third-order valence-electron chi connectivity index (χ3n) is 4.88. The van der Waals surface area contributed by atoms with Crippen molar-refractivity contribution in [3.63, 3.8) is 0 Å². The van der Waals surface area contributed by atoms with Gasteiger partial charge in [-0.2, -0.15) is 0 Å². The summed E-state index contributed by atoms with van der Waals surface area (Å²) in [5, 5.41) is 0.815. The minimum Gasteiger partial charge on any atom is -0.371 e. The maximum atomic E-state index is 13.4. The summed E-state index contributed by atoms with van der Waals surface area (Å²) in [6.45, 7) is 10.2. The largest absolute Gasteiger partial charge is 0.371 e. The number of aryl methyl sites for hydroxylation is 3. The highest BCUT2D eigenvalue weighted by atomic mass is 16.1. The summed E-state index contributed by atoms with van der Waals surface area (Å²) in [6.07, 6.45) is 1.96. The summed E-state index contributed by atoms with van der Waals surface area (Å²) in [4.78, 5) is 15.7. The van der Waals surface area contributed by atoms with Crippen molar-refractivity contribution in [1.82, 2.24) is 4.57 Å². The van der Waals surface area contributed by atoms with Crippen LogP contribution in [0.3, 0.4) is 0 Å². The first-order valence-electron chi connectivity index (χ1n) is 8.92. The Labute approximate surface area is 149 Å². The molecule has 3 heteroatoms. The zero-order valence-corrected chi connectivity index (χ0v) is 15.8. The molecule has 0 aliphatic heterocycles. The van der Waals surface area contributed by atoms with Crippen LogP contribution in [0.4, 0.5) is 5.69 Å². The average Bonchev–Trinajstić information content (AvgIpc) is 2.59. The highest BCUT2D eigenvalue weighted by molar-refractivity contribution is 5.95. The second kappa shape index (κ2) is 6.75. The molecule has 3 nitrogen and oxygen atoms in total. The van der Waals surface area contributed by atoms with Crippen molar-refractivity contribution in [2.24, 2.45) is 7.05 Å². The first kappa shape index (κ1) is 17.3. The number of pyridine rings is 1. The van der Waals surface area contributed by atoms with Crippen LogP contribution >= 0.6 is 0 Å². The van der Waals surface area contributed by atoms with Crippen molar-refractivity contribution in [2.45, 2.75) is 27.7 Å². The molecule has 0 aliphatic rings. The van der Waals surface area contributed by atoms with Crippen molar-refractivity contribution in [1.29, 1.82) is 0 Å². The minimum atomic E-state index is 0.110. The summed E-state index contributed by atoms with van der Waals surface area (Å²) >= 11 is 0. The fraction of sp³-hybridized carbons (Fsp3) is 0.318. The summed E-state index contributed by atoms with van der Waals surface area (Å²) in [6, 6.07) is 12.4. The number of rotatable bonds is 4. The van der Waals surface area contributed by atoms with E-state index in [2.05, 4.69) is 61.4 Å². The molecule has 130 valence electrons. The topological polar surface area (TPSA) is 25.2 Å². The number of benzene rings is 2. The standard InChI is InChI=1S/C22H26N2O/c1-6-24(7-2)20-13-16(4)12-19-21(20)22(25)18(14-23(19)5)17-10-8-15(3)9-11-17/h8-14H,6-7H2,1-5H3. The number of hydrogen-bond donors (Lipinski definition) is 0. The molecule has 2 aromatic carbocycles. The van der Waals surface area contributed by atoms with E-state index >= 15 is 0 Å². The van der Waals surface area contributed by atoms with Gasteiger partial charge < -0.3 is 9.47 Å². The maximum Gasteiger partial charge on any atom is 0.199 e. The zero-order chi connectivity index (χ0) is 18.1. The molecule has 3 aromatic rings. The third-order valence-corrected chi connectivity index (χ3v) is 4.88. The molecule has 0 aliphatic carbocycles. The monoisotopic (exact) mass is 334 g/mol. The molecule has 3 rings (SSSR count).